The van der Waals surface area contributed by atoms with Crippen LogP contribution in [-0.4, -0.2) is 25.2 Å². The Bertz CT molecular complexity index is 102. The summed E-state index contributed by atoms with van der Waals surface area (Å²) in [5.74, 6) is -0.792. The van der Waals surface area contributed by atoms with Gasteiger partial charge in [0.25, 0.3) is 5.97 Å². The fourth-order valence-corrected chi connectivity index (χ4v) is 0.383. The molecule has 0 rings (SSSR count). The van der Waals surface area contributed by atoms with Gasteiger partial charge in [-0.25, -0.2) is 0 Å². The highest BCUT2D eigenvalue weighted by Crippen LogP contribution is 2.02. The molecule has 2 atom stereocenters. The second kappa shape index (κ2) is 3.51. The zero-order valence-electron chi connectivity index (χ0n) is 5.92. The quantitative estimate of drug-likeness (QED) is 0.492. The predicted octanol–water partition coefficient (Wildman–Crippen LogP) is -0.905. The van der Waals surface area contributed by atoms with Crippen molar-refractivity contribution in [3.05, 3.63) is 0 Å². The Morgan fingerprint density at radius 1 is 1.67 bits per heavy atom. The van der Waals surface area contributed by atoms with E-state index in [-0.39, 0.29) is 5.97 Å². The van der Waals surface area contributed by atoms with Gasteiger partial charge in [-0.05, 0) is 13.8 Å². The van der Waals surface area contributed by atoms with Crippen LogP contribution in [0, 0.1) is 5.92 Å². The standard InChI is InChI=1S/C5H11BO3/c1-3(4(2)7)5(8)9-6/h3-4,7H,6H2,1-2H3/t3-,4+/m0/s1. The Kier molecular flexibility index (Phi) is 3.31. The number of hydrogen-bond acceptors (Lipinski definition) is 3. The molecule has 0 saturated heterocycles. The Morgan fingerprint density at radius 2 is 2.11 bits per heavy atom. The van der Waals surface area contributed by atoms with E-state index < -0.39 is 12.0 Å². The van der Waals surface area contributed by atoms with Crippen molar-refractivity contribution >= 4 is 14.0 Å². The number of carbonyl (C=O) groups is 1. The molecule has 1 N–H and O–H groups in total. The number of carbonyl (C=O) groups excluding carboxylic acids is 1. The van der Waals surface area contributed by atoms with Gasteiger partial charge in [0.1, 0.15) is 0 Å². The highest BCUT2D eigenvalue weighted by Gasteiger charge is 2.17. The first kappa shape index (κ1) is 8.49. The molecule has 0 bridgehead atoms. The minimum absolute atomic E-state index is 0.370. The van der Waals surface area contributed by atoms with Gasteiger partial charge in [-0.2, -0.15) is 0 Å². The molecule has 0 aliphatic heterocycles. The van der Waals surface area contributed by atoms with E-state index in [0.717, 1.165) is 0 Å². The van der Waals surface area contributed by atoms with Crippen molar-refractivity contribution in [3.63, 3.8) is 0 Å². The molecule has 0 unspecified atom stereocenters. The maximum absolute atomic E-state index is 10.6. The van der Waals surface area contributed by atoms with Crippen LogP contribution in [0.25, 0.3) is 0 Å². The van der Waals surface area contributed by atoms with E-state index in [1.54, 1.807) is 13.8 Å². The van der Waals surface area contributed by atoms with E-state index in [1.807, 2.05) is 0 Å². The van der Waals surface area contributed by atoms with Crippen LogP contribution in [0.15, 0.2) is 0 Å². The van der Waals surface area contributed by atoms with Gasteiger partial charge < -0.3 is 9.76 Å². The van der Waals surface area contributed by atoms with Crippen LogP contribution in [0.1, 0.15) is 13.8 Å². The molecule has 4 heteroatoms. The summed E-state index contributed by atoms with van der Waals surface area (Å²) in [6.07, 6.45) is -0.627. The lowest BCUT2D eigenvalue weighted by Crippen LogP contribution is -2.24. The summed E-state index contributed by atoms with van der Waals surface area (Å²) in [7, 11) is 1.31. The van der Waals surface area contributed by atoms with Crippen LogP contribution in [0.3, 0.4) is 0 Å². The molecule has 0 spiro atoms. The maximum Gasteiger partial charge on any atom is 0.325 e. The summed E-state index contributed by atoms with van der Waals surface area (Å²) in [6.45, 7) is 3.18. The smallest absolute Gasteiger partial charge is 0.325 e. The Balaban J connectivity index is 3.72. The number of rotatable bonds is 2. The second-order valence-electron chi connectivity index (χ2n) is 2.05. The number of aliphatic hydroxyl groups is 1. The Labute approximate surface area is 55.5 Å². The van der Waals surface area contributed by atoms with E-state index in [9.17, 15) is 4.79 Å². The summed E-state index contributed by atoms with van der Waals surface area (Å²) >= 11 is 0. The average Bonchev–Trinajstić information content (AvgIpc) is 1.84. The van der Waals surface area contributed by atoms with E-state index in [2.05, 4.69) is 4.65 Å². The third-order valence-corrected chi connectivity index (χ3v) is 1.30. The van der Waals surface area contributed by atoms with Crippen LogP contribution < -0.4 is 0 Å². The van der Waals surface area contributed by atoms with Crippen LogP contribution in [-0.2, 0) is 9.45 Å². The first-order chi connectivity index (χ1) is 4.09. The molecule has 0 fully saturated rings. The van der Waals surface area contributed by atoms with Crippen molar-refractivity contribution in [2.45, 2.75) is 20.0 Å². The Morgan fingerprint density at radius 3 is 2.22 bits per heavy atom. The molecule has 0 amide bonds. The fraction of sp³-hybridized carbons (Fsp3) is 0.800. The van der Waals surface area contributed by atoms with Gasteiger partial charge in [0.2, 0.25) is 0 Å². The monoisotopic (exact) mass is 130 g/mol. The Hall–Kier alpha value is -0.505. The summed E-state index contributed by atoms with van der Waals surface area (Å²) in [5, 5.41) is 8.82. The molecule has 0 heterocycles. The molecule has 3 nitrogen and oxygen atoms in total. The zero-order valence-corrected chi connectivity index (χ0v) is 5.92. The SMILES string of the molecule is BOC(=O)[C@@H](C)[C@@H](C)O. The molecule has 9 heavy (non-hydrogen) atoms. The number of hydrogen-bond donors (Lipinski definition) is 1. The molecular formula is C5H11BO3. The first-order valence-electron chi connectivity index (χ1n) is 2.85. The van der Waals surface area contributed by atoms with Crippen LogP contribution >= 0.6 is 0 Å². The van der Waals surface area contributed by atoms with Gasteiger partial charge in [-0.15, -0.1) is 0 Å². The average molecular weight is 130 g/mol. The largest absolute Gasteiger partial charge is 0.543 e. The highest BCUT2D eigenvalue weighted by molar-refractivity contribution is 6.05. The van der Waals surface area contributed by atoms with Gasteiger partial charge >= 0.3 is 8.05 Å². The summed E-state index contributed by atoms with van der Waals surface area (Å²) in [5.41, 5.74) is 0. The minimum Gasteiger partial charge on any atom is -0.543 e. The van der Waals surface area contributed by atoms with Crippen molar-refractivity contribution in [3.8, 4) is 0 Å². The molecule has 0 aliphatic rings. The van der Waals surface area contributed by atoms with E-state index >= 15 is 0 Å². The van der Waals surface area contributed by atoms with Crippen LogP contribution in [0.4, 0.5) is 0 Å². The highest BCUT2D eigenvalue weighted by atomic mass is 16.5. The minimum atomic E-state index is -0.627. The van der Waals surface area contributed by atoms with E-state index in [4.69, 9.17) is 5.11 Å². The zero-order chi connectivity index (χ0) is 7.44. The molecule has 0 radical (unpaired) electrons. The van der Waals surface area contributed by atoms with Gasteiger partial charge in [-0.3, -0.25) is 4.79 Å². The van der Waals surface area contributed by atoms with Crippen molar-refractivity contribution in [1.82, 2.24) is 0 Å². The molecular weight excluding hydrogens is 119 g/mol. The third-order valence-electron chi connectivity index (χ3n) is 1.30. The fourth-order valence-electron chi connectivity index (χ4n) is 0.383. The summed E-state index contributed by atoms with van der Waals surface area (Å²) in [6, 6.07) is 0. The lowest BCUT2D eigenvalue weighted by molar-refractivity contribution is -0.141. The predicted molar refractivity (Wildman–Crippen MR) is 35.5 cm³/mol. The maximum atomic E-state index is 10.6. The topological polar surface area (TPSA) is 46.5 Å². The lowest BCUT2D eigenvalue weighted by atomic mass is 10.1. The van der Waals surface area contributed by atoms with Crippen LogP contribution in [0.2, 0.25) is 0 Å². The third kappa shape index (κ3) is 2.51. The normalized spacial score (nSPS) is 16.3. The van der Waals surface area contributed by atoms with E-state index in [1.165, 1.54) is 8.05 Å². The molecule has 0 saturated carbocycles. The van der Waals surface area contributed by atoms with Crippen molar-refractivity contribution < 1.29 is 14.6 Å². The van der Waals surface area contributed by atoms with Crippen LogP contribution in [0.5, 0.6) is 0 Å². The molecule has 0 aromatic rings. The molecule has 0 aromatic heterocycles. The number of aliphatic hydroxyl groups excluding tert-OH is 1. The van der Waals surface area contributed by atoms with Gasteiger partial charge in [0, 0.05) is 0 Å². The lowest BCUT2D eigenvalue weighted by Gasteiger charge is -2.11. The molecule has 0 aliphatic carbocycles. The van der Waals surface area contributed by atoms with E-state index in [0.29, 0.717) is 0 Å². The van der Waals surface area contributed by atoms with Crippen molar-refractivity contribution in [2.75, 3.05) is 0 Å². The second-order valence-corrected chi connectivity index (χ2v) is 2.05. The molecule has 0 aromatic carbocycles. The first-order valence-corrected chi connectivity index (χ1v) is 2.85. The van der Waals surface area contributed by atoms with Crippen molar-refractivity contribution in [2.24, 2.45) is 5.92 Å². The summed E-state index contributed by atoms with van der Waals surface area (Å²) in [4.78, 5) is 10.6. The molecule has 52 valence electrons. The summed E-state index contributed by atoms with van der Waals surface area (Å²) < 4.78 is 4.37. The van der Waals surface area contributed by atoms with Crippen molar-refractivity contribution in [1.29, 1.82) is 0 Å². The van der Waals surface area contributed by atoms with Gasteiger partial charge in [0.15, 0.2) is 0 Å². The van der Waals surface area contributed by atoms with Gasteiger partial charge in [-0.1, -0.05) is 0 Å². The van der Waals surface area contributed by atoms with Gasteiger partial charge in [0.05, 0.1) is 12.0 Å².